The van der Waals surface area contributed by atoms with Gasteiger partial charge in [-0.1, -0.05) is 199 Å². The van der Waals surface area contributed by atoms with Crippen molar-refractivity contribution in [2.24, 2.45) is 0 Å². The van der Waals surface area contributed by atoms with Crippen molar-refractivity contribution in [3.8, 4) is 0 Å². The van der Waals surface area contributed by atoms with Crippen LogP contribution in [-0.2, 0) is 32.7 Å². The van der Waals surface area contributed by atoms with E-state index in [4.69, 9.17) is 18.5 Å². The highest BCUT2D eigenvalue weighted by atomic mass is 31.2. The van der Waals surface area contributed by atoms with E-state index in [0.717, 1.165) is 57.8 Å². The Labute approximate surface area is 370 Å². The molecule has 0 aromatic rings. The first kappa shape index (κ1) is 58.5. The lowest BCUT2D eigenvalue weighted by molar-refractivity contribution is -0.870. The summed E-state index contributed by atoms with van der Waals surface area (Å²) in [6, 6.07) is 0. The van der Waals surface area contributed by atoms with Gasteiger partial charge in [0.1, 0.15) is 19.8 Å². The summed E-state index contributed by atoms with van der Waals surface area (Å²) in [5, 5.41) is 0. The molecule has 0 amide bonds. The Hall–Kier alpha value is -1.51. The molecule has 0 saturated heterocycles. The molecular weight excluding hydrogens is 774 g/mol. The maximum absolute atomic E-state index is 12.7. The third-order valence-electron chi connectivity index (χ3n) is 11.0. The lowest BCUT2D eigenvalue weighted by Crippen LogP contribution is -2.37. The second kappa shape index (κ2) is 42.8. The van der Waals surface area contributed by atoms with E-state index in [1.807, 2.05) is 21.1 Å². The summed E-state index contributed by atoms with van der Waals surface area (Å²) in [6.07, 6.45) is 48.0. The lowest BCUT2D eigenvalue weighted by atomic mass is 10.0. The number of likely N-dealkylation sites (N-methyl/N-ethyl adjacent to an activating group) is 1. The average Bonchev–Trinajstić information content (AvgIpc) is 3.20. The molecule has 2 unspecified atom stereocenters. The number of esters is 2. The molecule has 354 valence electrons. The molecule has 0 spiro atoms. The highest BCUT2D eigenvalue weighted by molar-refractivity contribution is 7.47. The molecule has 0 aliphatic carbocycles. The number of nitrogens with zero attached hydrogens (tertiary/aromatic N) is 1. The van der Waals surface area contributed by atoms with Crippen LogP contribution in [0.15, 0.2) is 24.3 Å². The second-order valence-corrected chi connectivity index (χ2v) is 19.7. The molecule has 10 heteroatoms. The first-order chi connectivity index (χ1) is 29.0. The molecular formula is C50H97NO8P+. The topological polar surface area (TPSA) is 108 Å². The molecule has 0 fully saturated rings. The number of hydrogen-bond acceptors (Lipinski definition) is 7. The third kappa shape index (κ3) is 46.0. The Bertz CT molecular complexity index is 1070. The molecule has 2 atom stereocenters. The Morgan fingerprint density at radius 2 is 0.900 bits per heavy atom. The van der Waals surface area contributed by atoms with Crippen LogP contribution >= 0.6 is 7.82 Å². The average molecular weight is 871 g/mol. The van der Waals surface area contributed by atoms with Crippen LogP contribution in [0.1, 0.15) is 232 Å². The van der Waals surface area contributed by atoms with Gasteiger partial charge in [-0.05, 0) is 44.9 Å². The molecule has 0 aliphatic heterocycles. The Kier molecular flexibility index (Phi) is 41.7. The lowest BCUT2D eigenvalue weighted by Gasteiger charge is -2.24. The van der Waals surface area contributed by atoms with Crippen LogP contribution in [0.4, 0.5) is 0 Å². The summed E-state index contributed by atoms with van der Waals surface area (Å²) in [5.74, 6) is -0.803. The number of allylic oxidation sites excluding steroid dienone is 4. The van der Waals surface area contributed by atoms with Gasteiger partial charge in [0.05, 0.1) is 27.7 Å². The van der Waals surface area contributed by atoms with Gasteiger partial charge in [0.25, 0.3) is 0 Å². The number of carbonyl (C=O) groups is 2. The standard InChI is InChI=1S/C50H96NO8P/c1-6-8-10-12-14-16-18-20-22-23-24-25-26-27-29-30-32-34-36-38-40-42-49(52)56-46-48(47-58-60(54,55)57-45-44-51(3,4)5)59-50(53)43-41-39-37-35-33-31-28-21-19-17-15-13-11-9-7-2/h15,17,21,28,48H,6-14,16,18-20,22-27,29-47H2,1-5H3/p+1/b17-15-,28-21-. The molecule has 9 nitrogen and oxygen atoms in total. The number of carbonyl (C=O) groups excluding carboxylic acids is 2. The van der Waals surface area contributed by atoms with Crippen LogP contribution in [0.5, 0.6) is 0 Å². The molecule has 0 heterocycles. The van der Waals surface area contributed by atoms with E-state index >= 15 is 0 Å². The highest BCUT2D eigenvalue weighted by Gasteiger charge is 2.27. The van der Waals surface area contributed by atoms with Crippen LogP contribution < -0.4 is 0 Å². The van der Waals surface area contributed by atoms with Gasteiger partial charge in [-0.3, -0.25) is 18.6 Å². The molecule has 0 aliphatic rings. The molecule has 0 aromatic heterocycles. The van der Waals surface area contributed by atoms with Gasteiger partial charge in [0.15, 0.2) is 6.10 Å². The minimum Gasteiger partial charge on any atom is -0.462 e. The molecule has 0 bridgehead atoms. The Morgan fingerprint density at radius 1 is 0.517 bits per heavy atom. The van der Waals surface area contributed by atoms with Gasteiger partial charge in [-0.2, -0.15) is 0 Å². The SMILES string of the molecule is CCCCC/C=C\C/C=C\CCCCCCCC(=O)OC(COC(=O)CCCCCCCCCCCCCCCCCCCCCCC)COP(=O)(O)OCC[N+](C)(C)C. The van der Waals surface area contributed by atoms with Crippen LogP contribution in [0.3, 0.4) is 0 Å². The predicted octanol–water partition coefficient (Wildman–Crippen LogP) is 14.7. The fourth-order valence-corrected chi connectivity index (χ4v) is 7.79. The van der Waals surface area contributed by atoms with E-state index in [9.17, 15) is 19.0 Å². The zero-order valence-electron chi connectivity index (χ0n) is 40.0. The number of phosphoric ester groups is 1. The smallest absolute Gasteiger partial charge is 0.462 e. The summed E-state index contributed by atoms with van der Waals surface area (Å²) < 4.78 is 34.4. The zero-order valence-corrected chi connectivity index (χ0v) is 40.9. The molecule has 0 aromatic carbocycles. The fourth-order valence-electron chi connectivity index (χ4n) is 7.05. The van der Waals surface area contributed by atoms with Gasteiger partial charge in [0, 0.05) is 12.8 Å². The van der Waals surface area contributed by atoms with Gasteiger partial charge in [-0.15, -0.1) is 0 Å². The normalized spacial score (nSPS) is 13.6. The first-order valence-electron chi connectivity index (χ1n) is 25.1. The van der Waals surface area contributed by atoms with Crippen molar-refractivity contribution >= 4 is 19.8 Å². The van der Waals surface area contributed by atoms with Gasteiger partial charge in [0.2, 0.25) is 0 Å². The van der Waals surface area contributed by atoms with Gasteiger partial charge < -0.3 is 18.9 Å². The summed E-state index contributed by atoms with van der Waals surface area (Å²) in [7, 11) is 1.48. The van der Waals surface area contributed by atoms with Gasteiger partial charge >= 0.3 is 19.8 Å². The van der Waals surface area contributed by atoms with Crippen molar-refractivity contribution in [2.45, 2.75) is 238 Å². The maximum Gasteiger partial charge on any atom is 0.472 e. The summed E-state index contributed by atoms with van der Waals surface area (Å²) in [5.41, 5.74) is 0. The van der Waals surface area contributed by atoms with E-state index in [-0.39, 0.29) is 25.6 Å². The zero-order chi connectivity index (χ0) is 44.3. The quantitative estimate of drug-likeness (QED) is 0.0212. The van der Waals surface area contributed by atoms with E-state index in [1.165, 1.54) is 141 Å². The number of quaternary nitrogens is 1. The fraction of sp³-hybridized carbons (Fsp3) is 0.880. The monoisotopic (exact) mass is 871 g/mol. The van der Waals surface area contributed by atoms with E-state index in [0.29, 0.717) is 23.9 Å². The third-order valence-corrected chi connectivity index (χ3v) is 12.0. The van der Waals surface area contributed by atoms with Crippen LogP contribution in [-0.4, -0.2) is 74.9 Å². The molecule has 60 heavy (non-hydrogen) atoms. The van der Waals surface area contributed by atoms with Crippen molar-refractivity contribution in [3.63, 3.8) is 0 Å². The van der Waals surface area contributed by atoms with E-state index in [1.54, 1.807) is 0 Å². The summed E-state index contributed by atoms with van der Waals surface area (Å²) >= 11 is 0. The van der Waals surface area contributed by atoms with Crippen molar-refractivity contribution in [3.05, 3.63) is 24.3 Å². The van der Waals surface area contributed by atoms with Crippen LogP contribution in [0, 0.1) is 0 Å². The molecule has 1 N–H and O–H groups in total. The van der Waals surface area contributed by atoms with Crippen molar-refractivity contribution in [1.82, 2.24) is 0 Å². The maximum atomic E-state index is 12.7. The second-order valence-electron chi connectivity index (χ2n) is 18.2. The van der Waals surface area contributed by atoms with Gasteiger partial charge in [-0.25, -0.2) is 4.57 Å². The Morgan fingerprint density at radius 3 is 1.35 bits per heavy atom. The summed E-state index contributed by atoms with van der Waals surface area (Å²) in [4.78, 5) is 35.5. The number of ether oxygens (including phenoxy) is 2. The van der Waals surface area contributed by atoms with Crippen LogP contribution in [0.2, 0.25) is 0 Å². The highest BCUT2D eigenvalue weighted by Crippen LogP contribution is 2.43. The number of hydrogen-bond donors (Lipinski definition) is 1. The number of unbranched alkanes of at least 4 members (excludes halogenated alkanes) is 28. The predicted molar refractivity (Wildman–Crippen MR) is 252 cm³/mol. The van der Waals surface area contributed by atoms with Crippen molar-refractivity contribution < 1.29 is 42.1 Å². The summed E-state index contributed by atoms with van der Waals surface area (Å²) in [6.45, 7) is 4.42. The minimum atomic E-state index is -4.38. The molecule has 0 rings (SSSR count). The molecule has 0 radical (unpaired) electrons. The van der Waals surface area contributed by atoms with Crippen LogP contribution in [0.25, 0.3) is 0 Å². The number of rotatable bonds is 46. The van der Waals surface area contributed by atoms with E-state index in [2.05, 4.69) is 38.2 Å². The molecule has 0 saturated carbocycles. The first-order valence-corrected chi connectivity index (χ1v) is 26.6. The minimum absolute atomic E-state index is 0.0308. The van der Waals surface area contributed by atoms with Crippen molar-refractivity contribution in [2.75, 3.05) is 47.5 Å². The largest absolute Gasteiger partial charge is 0.472 e. The number of phosphoric acid groups is 1. The van der Waals surface area contributed by atoms with E-state index < -0.39 is 26.5 Å². The van der Waals surface area contributed by atoms with Crippen molar-refractivity contribution in [1.29, 1.82) is 0 Å². The Balaban J connectivity index is 4.22.